The number of nitrogens with two attached hydrogens (primary N) is 1. The summed E-state index contributed by atoms with van der Waals surface area (Å²) in [5.74, 6) is 0.654. The van der Waals surface area contributed by atoms with Gasteiger partial charge in [0.05, 0.1) is 18.5 Å². The van der Waals surface area contributed by atoms with Crippen LogP contribution in [0.25, 0.3) is 11.2 Å². The van der Waals surface area contributed by atoms with Gasteiger partial charge in [-0.15, -0.1) is 9.24 Å². The van der Waals surface area contributed by atoms with Gasteiger partial charge in [0.15, 0.2) is 11.5 Å². The monoisotopic (exact) mass is 388 g/mol. The Balaban J connectivity index is 1.66. The minimum absolute atomic E-state index is 0.132. The Bertz CT molecular complexity index is 965. The molecule has 4 rings (SSSR count). The van der Waals surface area contributed by atoms with Gasteiger partial charge in [-0.1, -0.05) is 6.07 Å². The fourth-order valence-corrected chi connectivity index (χ4v) is 3.56. The van der Waals surface area contributed by atoms with Crippen LogP contribution in [-0.2, 0) is 4.74 Å². The fraction of sp³-hybridized carbons (Fsp3) is 0.353. The smallest absolute Gasteiger partial charge is 0.231 e. The molecule has 2 aromatic heterocycles. The molecule has 1 aliphatic rings. The number of phenolic OH excluding ortho intramolecular Hbond substituents is 1. The number of anilines is 3. The average Bonchev–Trinajstić information content (AvgIpc) is 3.19. The zero-order chi connectivity index (χ0) is 19.0. The molecular formula is C17H21N6O3P. The quantitative estimate of drug-likeness (QED) is 0.486. The van der Waals surface area contributed by atoms with Crippen molar-refractivity contribution in [3.63, 3.8) is 0 Å². The van der Waals surface area contributed by atoms with Crippen molar-refractivity contribution >= 4 is 37.9 Å². The molecule has 0 amide bonds. The second-order valence-corrected chi connectivity index (χ2v) is 7.02. The summed E-state index contributed by atoms with van der Waals surface area (Å²) in [6.45, 7) is 0. The van der Waals surface area contributed by atoms with Gasteiger partial charge in [-0.3, -0.25) is 4.57 Å². The first-order chi connectivity index (χ1) is 13.0. The Labute approximate surface area is 157 Å². The van der Waals surface area contributed by atoms with Crippen LogP contribution in [0.3, 0.4) is 0 Å². The van der Waals surface area contributed by atoms with Crippen molar-refractivity contribution in [2.75, 3.05) is 17.2 Å². The van der Waals surface area contributed by atoms with Gasteiger partial charge in [0.25, 0.3) is 0 Å². The van der Waals surface area contributed by atoms with Crippen LogP contribution in [0.15, 0.2) is 30.6 Å². The number of fused-ring (bicyclic) bond motifs is 1. The van der Waals surface area contributed by atoms with Crippen LogP contribution in [0, 0.1) is 0 Å². The number of imidazole rings is 1. The Morgan fingerprint density at radius 1 is 1.37 bits per heavy atom. The van der Waals surface area contributed by atoms with Crippen molar-refractivity contribution in [3.8, 4) is 5.75 Å². The number of aliphatic hydroxyl groups is 1. The normalized spacial score (nSPS) is 22.4. The van der Waals surface area contributed by atoms with Crippen molar-refractivity contribution in [1.82, 2.24) is 19.5 Å². The molecule has 0 saturated carbocycles. The molecule has 1 fully saturated rings. The second-order valence-electron chi connectivity index (χ2n) is 6.44. The highest BCUT2D eigenvalue weighted by atomic mass is 31.0. The standard InChI is InChI=1S/C17H21N6O3P/c18-15-14-16(22-17(21-15)20-9-2-1-3-10(24)6-9)23(8-19-14)13-7-11(25)12(26-13)4-5-27/h1-3,6,8,11-13,24-25H,4-5,7,27H2,(H3,18,20,21,22)/t11-,12-,13-/m1/s1. The first-order valence-electron chi connectivity index (χ1n) is 8.65. The topological polar surface area (TPSA) is 131 Å². The van der Waals surface area contributed by atoms with E-state index in [1.807, 2.05) is 0 Å². The maximum absolute atomic E-state index is 10.2. The highest BCUT2D eigenvalue weighted by Crippen LogP contribution is 2.33. The molecule has 0 radical (unpaired) electrons. The predicted octanol–water partition coefficient (Wildman–Crippen LogP) is 1.77. The van der Waals surface area contributed by atoms with E-state index in [-0.39, 0.29) is 29.8 Å². The lowest BCUT2D eigenvalue weighted by Crippen LogP contribution is -2.20. The summed E-state index contributed by atoms with van der Waals surface area (Å²) in [5.41, 5.74) is 7.68. The van der Waals surface area contributed by atoms with Crippen molar-refractivity contribution in [1.29, 1.82) is 0 Å². The molecule has 3 heterocycles. The lowest BCUT2D eigenvalue weighted by atomic mass is 10.1. The number of aromatic hydroxyl groups is 1. The van der Waals surface area contributed by atoms with E-state index in [9.17, 15) is 10.2 Å². The third-order valence-corrected chi connectivity index (χ3v) is 4.85. The van der Waals surface area contributed by atoms with E-state index in [0.717, 1.165) is 12.6 Å². The van der Waals surface area contributed by atoms with Crippen LogP contribution in [0.5, 0.6) is 5.75 Å². The Kier molecular flexibility index (Phi) is 4.82. The number of aliphatic hydroxyl groups excluding tert-OH is 1. The molecule has 27 heavy (non-hydrogen) atoms. The molecule has 5 N–H and O–H groups in total. The van der Waals surface area contributed by atoms with Crippen LogP contribution < -0.4 is 11.1 Å². The maximum atomic E-state index is 10.2. The van der Waals surface area contributed by atoms with Crippen molar-refractivity contribution in [2.24, 2.45) is 0 Å². The zero-order valence-corrected chi connectivity index (χ0v) is 15.6. The van der Waals surface area contributed by atoms with Crippen molar-refractivity contribution < 1.29 is 14.9 Å². The van der Waals surface area contributed by atoms with Gasteiger partial charge in [-0.2, -0.15) is 9.97 Å². The third kappa shape index (κ3) is 3.53. The van der Waals surface area contributed by atoms with Crippen molar-refractivity contribution in [2.45, 2.75) is 31.3 Å². The average molecular weight is 388 g/mol. The number of ether oxygens (including phenoxy) is 1. The van der Waals surface area contributed by atoms with Crippen LogP contribution >= 0.6 is 9.24 Å². The largest absolute Gasteiger partial charge is 0.508 e. The first kappa shape index (κ1) is 17.9. The van der Waals surface area contributed by atoms with Gasteiger partial charge in [-0.25, -0.2) is 4.98 Å². The lowest BCUT2D eigenvalue weighted by Gasteiger charge is -2.15. The Morgan fingerprint density at radius 2 is 2.22 bits per heavy atom. The maximum Gasteiger partial charge on any atom is 0.231 e. The number of rotatable bonds is 5. The molecule has 1 saturated heterocycles. The Hall–Kier alpha value is -2.48. The second kappa shape index (κ2) is 7.26. The van der Waals surface area contributed by atoms with E-state index in [0.29, 0.717) is 23.3 Å². The van der Waals surface area contributed by atoms with Crippen molar-refractivity contribution in [3.05, 3.63) is 30.6 Å². The number of aromatic nitrogens is 4. The molecular weight excluding hydrogens is 367 g/mol. The van der Waals surface area contributed by atoms with E-state index in [4.69, 9.17) is 10.5 Å². The predicted molar refractivity (Wildman–Crippen MR) is 105 cm³/mol. The number of benzene rings is 1. The summed E-state index contributed by atoms with van der Waals surface area (Å²) in [5, 5.41) is 22.9. The van der Waals surface area contributed by atoms with Gasteiger partial charge in [0.2, 0.25) is 5.95 Å². The minimum Gasteiger partial charge on any atom is -0.508 e. The number of nitrogens with zero attached hydrogens (tertiary/aromatic N) is 4. The molecule has 1 aromatic carbocycles. The van der Waals surface area contributed by atoms with Crippen LogP contribution in [-0.4, -0.2) is 48.1 Å². The number of hydrogen-bond acceptors (Lipinski definition) is 8. The molecule has 1 unspecified atom stereocenters. The molecule has 142 valence electrons. The molecule has 9 nitrogen and oxygen atoms in total. The van der Waals surface area contributed by atoms with E-state index in [1.54, 1.807) is 35.2 Å². The van der Waals surface area contributed by atoms with Gasteiger partial charge in [-0.05, 0) is 24.7 Å². The summed E-state index contributed by atoms with van der Waals surface area (Å²) in [4.78, 5) is 13.0. The SMILES string of the molecule is Nc1nc(Nc2cccc(O)c2)nc2c1ncn2[C@H]1C[C@@H](O)[C@@H](CCP)O1. The first-order valence-corrected chi connectivity index (χ1v) is 9.46. The lowest BCUT2D eigenvalue weighted by molar-refractivity contribution is -0.0177. The van der Waals surface area contributed by atoms with E-state index < -0.39 is 6.10 Å². The van der Waals surface area contributed by atoms with Gasteiger partial charge >= 0.3 is 0 Å². The van der Waals surface area contributed by atoms with Crippen LogP contribution in [0.2, 0.25) is 0 Å². The molecule has 0 spiro atoms. The van der Waals surface area contributed by atoms with Gasteiger partial charge in [0.1, 0.15) is 17.5 Å². The zero-order valence-electron chi connectivity index (χ0n) is 14.5. The summed E-state index contributed by atoms with van der Waals surface area (Å²) < 4.78 is 7.76. The van der Waals surface area contributed by atoms with Crippen LogP contribution in [0.1, 0.15) is 19.1 Å². The number of nitrogen functional groups attached to an aromatic ring is 1. The molecule has 0 aliphatic carbocycles. The summed E-state index contributed by atoms with van der Waals surface area (Å²) in [6, 6.07) is 6.63. The molecule has 10 heteroatoms. The molecule has 1 aliphatic heterocycles. The van der Waals surface area contributed by atoms with E-state index in [2.05, 4.69) is 29.5 Å². The Morgan fingerprint density at radius 3 is 3.00 bits per heavy atom. The van der Waals surface area contributed by atoms with Gasteiger partial charge in [0, 0.05) is 18.2 Å². The summed E-state index contributed by atoms with van der Waals surface area (Å²) >= 11 is 0. The number of hydrogen-bond donors (Lipinski definition) is 4. The van der Waals surface area contributed by atoms with E-state index >= 15 is 0 Å². The fourth-order valence-electron chi connectivity index (χ4n) is 3.23. The van der Waals surface area contributed by atoms with E-state index in [1.165, 1.54) is 0 Å². The number of nitrogens with one attached hydrogen (secondary N) is 1. The minimum atomic E-state index is -0.530. The summed E-state index contributed by atoms with van der Waals surface area (Å²) in [6.07, 6.45) is 2.57. The molecule has 4 atom stereocenters. The number of phenols is 1. The third-order valence-electron chi connectivity index (χ3n) is 4.52. The highest BCUT2D eigenvalue weighted by molar-refractivity contribution is 7.16. The summed E-state index contributed by atoms with van der Waals surface area (Å²) in [7, 11) is 2.64. The molecule has 3 aromatic rings. The highest BCUT2D eigenvalue weighted by Gasteiger charge is 2.35. The molecule has 0 bridgehead atoms. The van der Waals surface area contributed by atoms with Crippen LogP contribution in [0.4, 0.5) is 17.5 Å². The van der Waals surface area contributed by atoms with Gasteiger partial charge < -0.3 is 26.0 Å².